The molecule has 0 aliphatic carbocycles. The van der Waals surface area contributed by atoms with Crippen LogP contribution in [0.2, 0.25) is 26.2 Å². The summed E-state index contributed by atoms with van der Waals surface area (Å²) in [6.07, 6.45) is 0. The fourth-order valence-corrected chi connectivity index (χ4v) is 10.9. The van der Waals surface area contributed by atoms with E-state index in [2.05, 4.69) is 56.6 Å². The van der Waals surface area contributed by atoms with Crippen molar-refractivity contribution < 1.29 is 0 Å². The van der Waals surface area contributed by atoms with Gasteiger partial charge in [-0.25, -0.2) is 0 Å². The van der Waals surface area contributed by atoms with Gasteiger partial charge >= 0.3 is 0 Å². The number of thiophene rings is 2. The molecule has 1 atom stereocenters. The summed E-state index contributed by atoms with van der Waals surface area (Å²) in [6, 6.07) is 5.00. The van der Waals surface area contributed by atoms with Crippen molar-refractivity contribution in [3.8, 4) is 9.75 Å². The lowest BCUT2D eigenvalue weighted by Gasteiger charge is -2.13. The molecule has 0 N–H and O–H groups in total. The van der Waals surface area contributed by atoms with Gasteiger partial charge in [-0.15, -0.1) is 22.7 Å². The van der Waals surface area contributed by atoms with E-state index in [1.165, 1.54) is 4.88 Å². The summed E-state index contributed by atoms with van der Waals surface area (Å²) in [5.41, 5.74) is 0. The Morgan fingerprint density at radius 2 is 1.59 bits per heavy atom. The lowest BCUT2D eigenvalue weighted by atomic mass is 10.4. The first-order valence-electron chi connectivity index (χ1n) is 6.13. The summed E-state index contributed by atoms with van der Waals surface area (Å²) in [7, 11) is -1.96. The summed E-state index contributed by atoms with van der Waals surface area (Å²) in [5, 5.41) is 3.43. The summed E-state index contributed by atoms with van der Waals surface area (Å²) in [5.74, 6) is 0. The molecule has 0 bridgehead atoms. The van der Waals surface area contributed by atoms with Gasteiger partial charge in [0.05, 0.1) is 8.07 Å². The molecule has 3 heterocycles. The molecule has 0 aromatic carbocycles. The Hall–Kier alpha value is -0.166. The first-order chi connectivity index (χ1) is 7.88. The molecule has 1 unspecified atom stereocenters. The average Bonchev–Trinajstić information content (AvgIpc) is 2.81. The number of rotatable bonds is 1. The molecule has 0 fully saturated rings. The molecule has 0 saturated heterocycles. The summed E-state index contributed by atoms with van der Waals surface area (Å²) < 4.78 is 1.69. The molecule has 0 saturated carbocycles. The summed E-state index contributed by atoms with van der Waals surface area (Å²) in [6.45, 7) is 12.1. The van der Waals surface area contributed by atoms with Crippen LogP contribution in [0.3, 0.4) is 0 Å². The van der Waals surface area contributed by atoms with Crippen molar-refractivity contribution in [3.05, 3.63) is 17.0 Å². The van der Waals surface area contributed by atoms with E-state index in [0.717, 1.165) is 0 Å². The Morgan fingerprint density at radius 3 is 2.24 bits per heavy atom. The Morgan fingerprint density at radius 1 is 1.00 bits per heavy atom. The van der Waals surface area contributed by atoms with Gasteiger partial charge in [0.2, 0.25) is 0 Å². The topological polar surface area (TPSA) is 0 Å². The molecule has 90 valence electrons. The van der Waals surface area contributed by atoms with Gasteiger partial charge in [0.15, 0.2) is 0 Å². The van der Waals surface area contributed by atoms with Crippen molar-refractivity contribution in [1.29, 1.82) is 0 Å². The van der Waals surface area contributed by atoms with Crippen LogP contribution in [0.25, 0.3) is 9.75 Å². The van der Waals surface area contributed by atoms with Crippen molar-refractivity contribution in [2.45, 2.75) is 33.1 Å². The third-order valence-corrected chi connectivity index (χ3v) is 12.7. The highest BCUT2D eigenvalue weighted by Crippen LogP contribution is 2.33. The Balaban J connectivity index is 2.19. The van der Waals surface area contributed by atoms with Crippen LogP contribution < -0.4 is 14.9 Å². The first-order valence-corrected chi connectivity index (χ1v) is 13.6. The lowest BCUT2D eigenvalue weighted by Crippen LogP contribution is -2.39. The molecule has 3 rings (SSSR count). The van der Waals surface area contributed by atoms with Gasteiger partial charge in [0.1, 0.15) is 8.80 Å². The second kappa shape index (κ2) is 3.66. The Kier molecular flexibility index (Phi) is 2.56. The van der Waals surface area contributed by atoms with E-state index in [4.69, 9.17) is 0 Å². The minimum absolute atomic E-state index is 0.832. The SMILES string of the molecule is Cc1cc2c(s1)-c1sc([Si](C)(C)C)cc1[SiH]2C. The van der Waals surface area contributed by atoms with Crippen LogP contribution in [0, 0.1) is 6.92 Å². The van der Waals surface area contributed by atoms with E-state index < -0.39 is 16.9 Å². The molecule has 0 radical (unpaired) electrons. The molecule has 1 aliphatic rings. The monoisotopic (exact) mass is 294 g/mol. The van der Waals surface area contributed by atoms with Crippen molar-refractivity contribution in [1.82, 2.24) is 0 Å². The maximum absolute atomic E-state index is 2.56. The third kappa shape index (κ3) is 1.73. The Bertz CT molecular complexity index is 587. The molecule has 0 amide bonds. The molecule has 0 nitrogen and oxygen atoms in total. The van der Waals surface area contributed by atoms with Crippen LogP contribution in [0.4, 0.5) is 0 Å². The van der Waals surface area contributed by atoms with Crippen molar-refractivity contribution in [2.75, 3.05) is 0 Å². The second-order valence-electron chi connectivity index (χ2n) is 6.01. The van der Waals surface area contributed by atoms with Crippen LogP contribution in [-0.2, 0) is 0 Å². The van der Waals surface area contributed by atoms with Crippen LogP contribution in [0.5, 0.6) is 0 Å². The smallest absolute Gasteiger partial charge is 0.104 e. The molecular formula is C13H18S2Si2. The van der Waals surface area contributed by atoms with Crippen molar-refractivity contribution >= 4 is 54.4 Å². The normalized spacial score (nSPS) is 18.3. The predicted molar refractivity (Wildman–Crippen MR) is 87.6 cm³/mol. The van der Waals surface area contributed by atoms with E-state index in [1.807, 2.05) is 11.3 Å². The predicted octanol–water partition coefficient (Wildman–Crippen LogP) is 2.61. The van der Waals surface area contributed by atoms with Crippen molar-refractivity contribution in [2.24, 2.45) is 0 Å². The number of hydrogen-bond acceptors (Lipinski definition) is 2. The Labute approximate surface area is 114 Å². The van der Waals surface area contributed by atoms with Gasteiger partial charge in [-0.3, -0.25) is 0 Å². The van der Waals surface area contributed by atoms with Gasteiger partial charge in [-0.05, 0) is 27.9 Å². The van der Waals surface area contributed by atoms with Crippen LogP contribution in [-0.4, -0.2) is 16.9 Å². The maximum Gasteiger partial charge on any atom is 0.104 e. The molecule has 4 heteroatoms. The lowest BCUT2D eigenvalue weighted by molar-refractivity contribution is 1.65. The number of hydrogen-bond donors (Lipinski definition) is 0. The number of fused-ring (bicyclic) bond motifs is 3. The van der Waals surface area contributed by atoms with E-state index in [1.54, 1.807) is 24.6 Å². The molecule has 1 aliphatic heterocycles. The van der Waals surface area contributed by atoms with Crippen LogP contribution in [0.1, 0.15) is 4.88 Å². The summed E-state index contributed by atoms with van der Waals surface area (Å²) in [4.78, 5) is 4.74. The zero-order chi connectivity index (χ0) is 12.4. The molecule has 17 heavy (non-hydrogen) atoms. The van der Waals surface area contributed by atoms with Gasteiger partial charge in [-0.1, -0.05) is 32.3 Å². The van der Waals surface area contributed by atoms with E-state index in [9.17, 15) is 0 Å². The zero-order valence-electron chi connectivity index (χ0n) is 11.0. The molecule has 2 aromatic heterocycles. The highest BCUT2D eigenvalue weighted by atomic mass is 32.1. The largest absolute Gasteiger partial charge is 0.144 e. The third-order valence-electron chi connectivity index (χ3n) is 3.52. The minimum Gasteiger partial charge on any atom is -0.144 e. The van der Waals surface area contributed by atoms with Crippen LogP contribution >= 0.6 is 22.7 Å². The van der Waals surface area contributed by atoms with Gasteiger partial charge < -0.3 is 0 Å². The van der Waals surface area contributed by atoms with E-state index in [0.29, 0.717) is 0 Å². The van der Waals surface area contributed by atoms with Gasteiger partial charge in [0, 0.05) is 14.6 Å². The average molecular weight is 295 g/mol. The van der Waals surface area contributed by atoms with Crippen LogP contribution in [0.15, 0.2) is 12.1 Å². The van der Waals surface area contributed by atoms with Crippen molar-refractivity contribution in [3.63, 3.8) is 0 Å². The fraction of sp³-hybridized carbons (Fsp3) is 0.385. The maximum atomic E-state index is 2.56. The molecule has 2 aromatic rings. The van der Waals surface area contributed by atoms with Gasteiger partial charge in [0.25, 0.3) is 0 Å². The molecule has 0 spiro atoms. The highest BCUT2D eigenvalue weighted by Gasteiger charge is 2.33. The quantitative estimate of drug-likeness (QED) is 0.709. The fourth-order valence-electron chi connectivity index (χ4n) is 2.47. The summed E-state index contributed by atoms with van der Waals surface area (Å²) >= 11 is 4.10. The minimum atomic E-state index is -1.12. The van der Waals surface area contributed by atoms with E-state index >= 15 is 0 Å². The number of aryl methyl sites for hydroxylation is 1. The standard InChI is InChI=1S/C13H18S2Si2/c1-8-6-9-12(14-8)13-10(16(9)2)7-11(15-13)17(3,4)5/h6-7,16H,1-5H3. The zero-order valence-corrected chi connectivity index (χ0v) is 14.8. The van der Waals surface area contributed by atoms with E-state index in [-0.39, 0.29) is 0 Å². The second-order valence-corrected chi connectivity index (χ2v) is 16.4. The highest BCUT2D eigenvalue weighted by molar-refractivity contribution is 7.34. The molecular weight excluding hydrogens is 276 g/mol. The van der Waals surface area contributed by atoms with Gasteiger partial charge in [-0.2, -0.15) is 0 Å². The first kappa shape index (κ1) is 11.9.